The summed E-state index contributed by atoms with van der Waals surface area (Å²) in [7, 11) is 0. The van der Waals surface area contributed by atoms with Gasteiger partial charge in [-0.25, -0.2) is 4.39 Å². The fourth-order valence-corrected chi connectivity index (χ4v) is 2.50. The Morgan fingerprint density at radius 3 is 2.68 bits per heavy atom. The first-order valence-electron chi connectivity index (χ1n) is 6.12. The molecule has 98 valence electrons. The van der Waals surface area contributed by atoms with Gasteiger partial charge >= 0.3 is 0 Å². The molecule has 0 radical (unpaired) electrons. The Bertz CT molecular complexity index is 612. The van der Waals surface area contributed by atoms with E-state index in [0.717, 1.165) is 22.4 Å². The van der Waals surface area contributed by atoms with Gasteiger partial charge in [0.2, 0.25) is 0 Å². The molecule has 0 saturated heterocycles. The second-order valence-electron chi connectivity index (χ2n) is 4.63. The molecule has 0 amide bonds. The maximum Gasteiger partial charge on any atom is 0.131 e. The molecule has 0 fully saturated rings. The molecular weight excluding hydrogens is 265 g/mol. The van der Waals surface area contributed by atoms with Crippen LogP contribution in [0.2, 0.25) is 5.02 Å². The normalized spacial score (nSPS) is 17.1. The van der Waals surface area contributed by atoms with Crippen molar-refractivity contribution >= 4 is 11.6 Å². The molecular formula is C15H13ClFNO. The van der Waals surface area contributed by atoms with Crippen LogP contribution in [0.4, 0.5) is 4.39 Å². The molecule has 1 aliphatic rings. The number of hydrogen-bond acceptors (Lipinski definition) is 2. The highest BCUT2D eigenvalue weighted by Crippen LogP contribution is 2.39. The predicted molar refractivity (Wildman–Crippen MR) is 74.0 cm³/mol. The molecule has 19 heavy (non-hydrogen) atoms. The van der Waals surface area contributed by atoms with Crippen LogP contribution in [-0.4, -0.2) is 12.6 Å². The first-order valence-corrected chi connectivity index (χ1v) is 6.50. The Labute approximate surface area is 115 Å². The third-order valence-electron chi connectivity index (χ3n) is 3.28. The summed E-state index contributed by atoms with van der Waals surface area (Å²) >= 11 is 5.87. The van der Waals surface area contributed by atoms with E-state index >= 15 is 0 Å². The van der Waals surface area contributed by atoms with Crippen molar-refractivity contribution in [3.8, 4) is 16.9 Å². The average molecular weight is 278 g/mol. The number of nitrogens with two attached hydrogens (primary N) is 1. The molecule has 0 spiro atoms. The molecule has 0 saturated carbocycles. The van der Waals surface area contributed by atoms with Crippen LogP contribution in [0.25, 0.3) is 11.1 Å². The minimum atomic E-state index is -0.259. The number of fused-ring (bicyclic) bond motifs is 1. The molecule has 1 unspecified atom stereocenters. The molecule has 2 nitrogen and oxygen atoms in total. The number of rotatable bonds is 2. The van der Waals surface area contributed by atoms with Gasteiger partial charge < -0.3 is 10.5 Å². The van der Waals surface area contributed by atoms with Crippen molar-refractivity contribution in [3.63, 3.8) is 0 Å². The Hall–Kier alpha value is -1.58. The van der Waals surface area contributed by atoms with Crippen molar-refractivity contribution in [2.24, 2.45) is 5.73 Å². The van der Waals surface area contributed by atoms with E-state index in [2.05, 4.69) is 0 Å². The third kappa shape index (κ3) is 2.31. The van der Waals surface area contributed by atoms with Gasteiger partial charge in [0.1, 0.15) is 17.7 Å². The topological polar surface area (TPSA) is 35.2 Å². The zero-order chi connectivity index (χ0) is 13.4. The van der Waals surface area contributed by atoms with Gasteiger partial charge in [0.25, 0.3) is 0 Å². The predicted octanol–water partition coefficient (Wildman–Crippen LogP) is 3.41. The first kappa shape index (κ1) is 12.5. The van der Waals surface area contributed by atoms with Crippen molar-refractivity contribution in [1.82, 2.24) is 0 Å². The minimum Gasteiger partial charge on any atom is -0.488 e. The third-order valence-corrected chi connectivity index (χ3v) is 3.53. The van der Waals surface area contributed by atoms with E-state index in [1.807, 2.05) is 12.1 Å². The first-order chi connectivity index (χ1) is 9.17. The summed E-state index contributed by atoms with van der Waals surface area (Å²) in [5.74, 6) is 0.476. The van der Waals surface area contributed by atoms with Crippen molar-refractivity contribution in [2.75, 3.05) is 6.54 Å². The van der Waals surface area contributed by atoms with Crippen molar-refractivity contribution < 1.29 is 9.13 Å². The molecule has 4 heteroatoms. The van der Waals surface area contributed by atoms with Crippen LogP contribution in [0.5, 0.6) is 5.75 Å². The SMILES string of the molecule is NCC1Cc2cc(F)cc(-c3ccc(Cl)cc3)c2O1. The van der Waals surface area contributed by atoms with E-state index in [9.17, 15) is 4.39 Å². The molecule has 1 atom stereocenters. The van der Waals surface area contributed by atoms with Gasteiger partial charge in [0.05, 0.1) is 0 Å². The highest BCUT2D eigenvalue weighted by molar-refractivity contribution is 6.30. The van der Waals surface area contributed by atoms with Crippen molar-refractivity contribution in [1.29, 1.82) is 0 Å². The Morgan fingerprint density at radius 1 is 1.26 bits per heavy atom. The lowest BCUT2D eigenvalue weighted by Crippen LogP contribution is -2.24. The molecule has 0 aliphatic carbocycles. The second-order valence-corrected chi connectivity index (χ2v) is 5.06. The standard InChI is InChI=1S/C15H13ClFNO/c16-11-3-1-9(2-4-11)14-7-12(17)5-10-6-13(8-18)19-15(10)14/h1-5,7,13H,6,8,18H2. The monoisotopic (exact) mass is 277 g/mol. The second kappa shape index (κ2) is 4.83. The van der Waals surface area contributed by atoms with Crippen LogP contribution in [0.3, 0.4) is 0 Å². The van der Waals surface area contributed by atoms with Crippen LogP contribution in [-0.2, 0) is 6.42 Å². The fraction of sp³-hybridized carbons (Fsp3) is 0.200. The van der Waals surface area contributed by atoms with Crippen molar-refractivity contribution in [2.45, 2.75) is 12.5 Å². The van der Waals surface area contributed by atoms with Crippen molar-refractivity contribution in [3.05, 3.63) is 52.8 Å². The quantitative estimate of drug-likeness (QED) is 0.913. The minimum absolute atomic E-state index is 0.0668. The van der Waals surface area contributed by atoms with Gasteiger partial charge in [0.15, 0.2) is 0 Å². The number of ether oxygens (including phenoxy) is 1. The fourth-order valence-electron chi connectivity index (χ4n) is 2.37. The van der Waals surface area contributed by atoms with E-state index in [-0.39, 0.29) is 11.9 Å². The van der Waals surface area contributed by atoms with E-state index in [4.69, 9.17) is 22.1 Å². The van der Waals surface area contributed by atoms with E-state index in [1.54, 1.807) is 12.1 Å². The Kier molecular flexibility index (Phi) is 3.17. The van der Waals surface area contributed by atoms with E-state index in [1.165, 1.54) is 12.1 Å². The molecule has 1 aliphatic heterocycles. The molecule has 0 aromatic heterocycles. The zero-order valence-corrected chi connectivity index (χ0v) is 11.0. The Morgan fingerprint density at radius 2 is 2.00 bits per heavy atom. The molecule has 1 heterocycles. The maximum absolute atomic E-state index is 13.7. The lowest BCUT2D eigenvalue weighted by atomic mass is 10.0. The van der Waals surface area contributed by atoms with Gasteiger partial charge in [-0.15, -0.1) is 0 Å². The van der Waals surface area contributed by atoms with E-state index in [0.29, 0.717) is 18.0 Å². The summed E-state index contributed by atoms with van der Waals surface area (Å²) < 4.78 is 19.5. The number of hydrogen-bond donors (Lipinski definition) is 1. The summed E-state index contributed by atoms with van der Waals surface area (Å²) in [6.45, 7) is 0.427. The number of benzene rings is 2. The zero-order valence-electron chi connectivity index (χ0n) is 10.2. The maximum atomic E-state index is 13.7. The summed E-state index contributed by atoms with van der Waals surface area (Å²) in [6, 6.07) is 10.3. The highest BCUT2D eigenvalue weighted by atomic mass is 35.5. The lowest BCUT2D eigenvalue weighted by Gasteiger charge is -2.11. The van der Waals surface area contributed by atoms with Gasteiger partial charge in [0, 0.05) is 29.1 Å². The molecule has 0 bridgehead atoms. The van der Waals surface area contributed by atoms with Gasteiger partial charge in [-0.3, -0.25) is 0 Å². The summed E-state index contributed by atoms with van der Waals surface area (Å²) in [5.41, 5.74) is 8.14. The van der Waals surface area contributed by atoms with Crippen LogP contribution in [0, 0.1) is 5.82 Å². The Balaban J connectivity index is 2.10. The van der Waals surface area contributed by atoms with Crippen LogP contribution >= 0.6 is 11.6 Å². The number of halogens is 2. The molecule has 2 N–H and O–H groups in total. The summed E-state index contributed by atoms with van der Waals surface area (Å²) in [5, 5.41) is 0.651. The van der Waals surface area contributed by atoms with Crippen LogP contribution < -0.4 is 10.5 Å². The van der Waals surface area contributed by atoms with Crippen LogP contribution in [0.15, 0.2) is 36.4 Å². The average Bonchev–Trinajstić information content (AvgIpc) is 2.81. The summed E-state index contributed by atoms with van der Waals surface area (Å²) in [4.78, 5) is 0. The van der Waals surface area contributed by atoms with Crippen LogP contribution in [0.1, 0.15) is 5.56 Å². The van der Waals surface area contributed by atoms with Gasteiger partial charge in [-0.1, -0.05) is 23.7 Å². The molecule has 2 aromatic carbocycles. The van der Waals surface area contributed by atoms with Gasteiger partial charge in [-0.2, -0.15) is 0 Å². The van der Waals surface area contributed by atoms with Gasteiger partial charge in [-0.05, 0) is 29.8 Å². The summed E-state index contributed by atoms with van der Waals surface area (Å²) in [6.07, 6.45) is 0.590. The largest absolute Gasteiger partial charge is 0.488 e. The molecule has 2 aromatic rings. The lowest BCUT2D eigenvalue weighted by molar-refractivity contribution is 0.242. The van der Waals surface area contributed by atoms with E-state index < -0.39 is 0 Å². The highest BCUT2D eigenvalue weighted by Gasteiger charge is 2.25. The molecule has 3 rings (SSSR count). The smallest absolute Gasteiger partial charge is 0.131 e.